The minimum Gasteiger partial charge on any atom is -0.303 e. The molecule has 0 atom stereocenters. The van der Waals surface area contributed by atoms with Gasteiger partial charge in [0.1, 0.15) is 6.29 Å². The first-order chi connectivity index (χ1) is 4.27. The second kappa shape index (κ2) is 2.74. The highest BCUT2D eigenvalue weighted by atomic mass is 32.2. The molecule has 1 rings (SSSR count). The van der Waals surface area contributed by atoms with Crippen molar-refractivity contribution >= 4 is 18.0 Å². The number of rotatable bonds is 1. The van der Waals surface area contributed by atoms with Crippen molar-refractivity contribution in [2.45, 2.75) is 19.8 Å². The van der Waals surface area contributed by atoms with Crippen LogP contribution in [0.3, 0.4) is 0 Å². The molecular weight excluding hydrogens is 132 g/mol. The maximum atomic E-state index is 10.5. The van der Waals surface area contributed by atoms with Gasteiger partial charge in [-0.1, -0.05) is 6.92 Å². The Labute approximate surface area is 60.2 Å². The fraction of sp³-hybridized carbons (Fsp3) is 0.857. The molecule has 0 aromatic heterocycles. The van der Waals surface area contributed by atoms with Gasteiger partial charge in [-0.15, -0.1) is 0 Å². The van der Waals surface area contributed by atoms with Crippen LogP contribution in [0, 0.1) is 5.41 Å². The van der Waals surface area contributed by atoms with E-state index in [1.165, 1.54) is 0 Å². The van der Waals surface area contributed by atoms with Gasteiger partial charge in [0.25, 0.3) is 0 Å². The van der Waals surface area contributed by atoms with Crippen LogP contribution in [0.25, 0.3) is 0 Å². The third kappa shape index (κ3) is 1.71. The Balaban J connectivity index is 2.46. The standard InChI is InChI=1S/C7H12OS/c1-7(6-8)2-4-9-5-3-7/h6H,2-5H2,1H3. The monoisotopic (exact) mass is 144 g/mol. The summed E-state index contributed by atoms with van der Waals surface area (Å²) in [6.07, 6.45) is 3.26. The van der Waals surface area contributed by atoms with E-state index in [2.05, 4.69) is 6.92 Å². The smallest absolute Gasteiger partial charge is 0.125 e. The molecule has 0 radical (unpaired) electrons. The molecule has 0 amide bonds. The number of hydrogen-bond acceptors (Lipinski definition) is 2. The highest BCUT2D eigenvalue weighted by Gasteiger charge is 2.25. The first-order valence-electron chi connectivity index (χ1n) is 3.31. The predicted molar refractivity (Wildman–Crippen MR) is 40.7 cm³/mol. The third-order valence-electron chi connectivity index (χ3n) is 1.92. The summed E-state index contributed by atoms with van der Waals surface area (Å²) in [5, 5.41) is 0. The van der Waals surface area contributed by atoms with Crippen LogP contribution in [-0.2, 0) is 4.79 Å². The quantitative estimate of drug-likeness (QED) is 0.521. The van der Waals surface area contributed by atoms with E-state index in [1.54, 1.807) is 0 Å². The van der Waals surface area contributed by atoms with E-state index in [0.29, 0.717) is 0 Å². The lowest BCUT2D eigenvalue weighted by Gasteiger charge is -2.26. The van der Waals surface area contributed by atoms with Gasteiger partial charge in [-0.2, -0.15) is 11.8 Å². The van der Waals surface area contributed by atoms with E-state index in [4.69, 9.17) is 0 Å². The van der Waals surface area contributed by atoms with Crippen molar-refractivity contribution in [2.75, 3.05) is 11.5 Å². The molecule has 1 aliphatic rings. The second-order valence-corrected chi connectivity index (χ2v) is 4.11. The molecule has 0 aromatic rings. The summed E-state index contributed by atoms with van der Waals surface area (Å²) >= 11 is 1.95. The molecule has 2 heteroatoms. The van der Waals surface area contributed by atoms with Gasteiger partial charge in [-0.25, -0.2) is 0 Å². The van der Waals surface area contributed by atoms with Crippen LogP contribution >= 0.6 is 11.8 Å². The summed E-state index contributed by atoms with van der Waals surface area (Å²) < 4.78 is 0. The first kappa shape index (κ1) is 7.13. The lowest BCUT2D eigenvalue weighted by atomic mass is 9.86. The van der Waals surface area contributed by atoms with E-state index in [9.17, 15) is 4.79 Å². The molecular formula is C7H12OS. The second-order valence-electron chi connectivity index (χ2n) is 2.88. The zero-order chi connectivity index (χ0) is 6.74. The normalized spacial score (nSPS) is 25.4. The fourth-order valence-corrected chi connectivity index (χ4v) is 2.38. The average molecular weight is 144 g/mol. The van der Waals surface area contributed by atoms with Gasteiger partial charge in [-0.3, -0.25) is 0 Å². The van der Waals surface area contributed by atoms with Crippen molar-refractivity contribution in [3.63, 3.8) is 0 Å². The van der Waals surface area contributed by atoms with Crippen LogP contribution in [-0.4, -0.2) is 17.8 Å². The minimum atomic E-state index is 0.0191. The molecule has 0 aromatic carbocycles. The Morgan fingerprint density at radius 3 is 2.33 bits per heavy atom. The number of carbonyl (C=O) groups excluding carboxylic acids is 1. The molecule has 1 saturated heterocycles. The molecule has 0 saturated carbocycles. The maximum Gasteiger partial charge on any atom is 0.125 e. The van der Waals surface area contributed by atoms with E-state index < -0.39 is 0 Å². The van der Waals surface area contributed by atoms with Crippen molar-refractivity contribution in [3.8, 4) is 0 Å². The molecule has 9 heavy (non-hydrogen) atoms. The number of carbonyl (C=O) groups is 1. The van der Waals surface area contributed by atoms with Crippen molar-refractivity contribution < 1.29 is 4.79 Å². The van der Waals surface area contributed by atoms with Gasteiger partial charge in [0.15, 0.2) is 0 Å². The molecule has 1 fully saturated rings. The molecule has 1 nitrogen and oxygen atoms in total. The van der Waals surface area contributed by atoms with Crippen LogP contribution in [0.5, 0.6) is 0 Å². The number of hydrogen-bond donors (Lipinski definition) is 0. The fourth-order valence-electron chi connectivity index (χ4n) is 0.956. The van der Waals surface area contributed by atoms with Crippen LogP contribution < -0.4 is 0 Å². The largest absolute Gasteiger partial charge is 0.303 e. The predicted octanol–water partition coefficient (Wildman–Crippen LogP) is 1.72. The average Bonchev–Trinajstić information content (AvgIpc) is 1.90. The van der Waals surface area contributed by atoms with Crippen LogP contribution in [0.15, 0.2) is 0 Å². The van der Waals surface area contributed by atoms with E-state index in [0.717, 1.165) is 30.6 Å². The molecule has 0 bridgehead atoms. The Morgan fingerprint density at radius 1 is 1.44 bits per heavy atom. The molecule has 0 aliphatic carbocycles. The molecule has 1 heterocycles. The minimum absolute atomic E-state index is 0.0191. The van der Waals surface area contributed by atoms with Gasteiger partial charge in [0.05, 0.1) is 0 Å². The SMILES string of the molecule is CC1(C=O)CCSCC1. The Kier molecular flexibility index (Phi) is 2.17. The maximum absolute atomic E-state index is 10.5. The van der Waals surface area contributed by atoms with Crippen molar-refractivity contribution in [1.82, 2.24) is 0 Å². The van der Waals surface area contributed by atoms with Crippen LogP contribution in [0.1, 0.15) is 19.8 Å². The summed E-state index contributed by atoms with van der Waals surface area (Å²) in [7, 11) is 0. The molecule has 0 spiro atoms. The van der Waals surface area contributed by atoms with E-state index >= 15 is 0 Å². The number of aldehydes is 1. The summed E-state index contributed by atoms with van der Waals surface area (Å²) in [6, 6.07) is 0. The highest BCUT2D eigenvalue weighted by Crippen LogP contribution is 2.31. The summed E-state index contributed by atoms with van der Waals surface area (Å²) in [5.74, 6) is 2.32. The Bertz CT molecular complexity index is 105. The van der Waals surface area contributed by atoms with Crippen LogP contribution in [0.2, 0.25) is 0 Å². The van der Waals surface area contributed by atoms with E-state index in [-0.39, 0.29) is 5.41 Å². The third-order valence-corrected chi connectivity index (χ3v) is 2.91. The Morgan fingerprint density at radius 2 is 2.00 bits per heavy atom. The van der Waals surface area contributed by atoms with Gasteiger partial charge >= 0.3 is 0 Å². The molecule has 0 N–H and O–H groups in total. The van der Waals surface area contributed by atoms with Gasteiger partial charge in [-0.05, 0) is 24.3 Å². The van der Waals surface area contributed by atoms with Gasteiger partial charge in [0.2, 0.25) is 0 Å². The zero-order valence-electron chi connectivity index (χ0n) is 5.72. The summed E-state index contributed by atoms with van der Waals surface area (Å²) in [6.45, 7) is 2.06. The zero-order valence-corrected chi connectivity index (χ0v) is 6.54. The van der Waals surface area contributed by atoms with Crippen LogP contribution in [0.4, 0.5) is 0 Å². The molecule has 0 unspecified atom stereocenters. The van der Waals surface area contributed by atoms with Crippen molar-refractivity contribution in [3.05, 3.63) is 0 Å². The highest BCUT2D eigenvalue weighted by molar-refractivity contribution is 7.99. The van der Waals surface area contributed by atoms with Gasteiger partial charge < -0.3 is 4.79 Å². The topological polar surface area (TPSA) is 17.1 Å². The summed E-state index contributed by atoms with van der Waals surface area (Å²) in [5.41, 5.74) is 0.0191. The lowest BCUT2D eigenvalue weighted by molar-refractivity contribution is -0.115. The van der Waals surface area contributed by atoms with Crippen molar-refractivity contribution in [2.24, 2.45) is 5.41 Å². The summed E-state index contributed by atoms with van der Waals surface area (Å²) in [4.78, 5) is 10.5. The Hall–Kier alpha value is 0.0200. The molecule has 52 valence electrons. The first-order valence-corrected chi connectivity index (χ1v) is 4.46. The van der Waals surface area contributed by atoms with Gasteiger partial charge in [0, 0.05) is 5.41 Å². The lowest BCUT2D eigenvalue weighted by Crippen LogP contribution is -2.23. The van der Waals surface area contributed by atoms with Crippen molar-refractivity contribution in [1.29, 1.82) is 0 Å². The number of thioether (sulfide) groups is 1. The van der Waals surface area contributed by atoms with E-state index in [1.807, 2.05) is 11.8 Å². The molecule has 1 aliphatic heterocycles.